The van der Waals surface area contributed by atoms with Crippen molar-refractivity contribution in [2.75, 3.05) is 0 Å². The Kier molecular flexibility index (Phi) is 3.15. The fourth-order valence-electron chi connectivity index (χ4n) is 0.326. The monoisotopic (exact) mass is 182 g/mol. The van der Waals surface area contributed by atoms with Crippen LogP contribution in [-0.2, 0) is 4.94 Å². The van der Waals surface area contributed by atoms with Gasteiger partial charge in [-0.3, -0.25) is 0 Å². The molecule has 0 bridgehead atoms. The molecule has 0 aliphatic heterocycles. The van der Waals surface area contributed by atoms with Gasteiger partial charge in [0.05, 0.1) is 12.8 Å². The van der Waals surface area contributed by atoms with Crippen LogP contribution < -0.4 is 0 Å². The summed E-state index contributed by atoms with van der Waals surface area (Å²) in [6.07, 6.45) is -12.5. The van der Waals surface area contributed by atoms with Crippen molar-refractivity contribution in [3.05, 3.63) is 0 Å². The number of halogens is 6. The van der Waals surface area contributed by atoms with Crippen molar-refractivity contribution in [2.24, 2.45) is 0 Å². The van der Waals surface area contributed by atoms with E-state index in [-0.39, 0.29) is 0 Å². The van der Waals surface area contributed by atoms with Crippen LogP contribution in [0.15, 0.2) is 0 Å². The van der Waals surface area contributed by atoms with E-state index in [1.807, 2.05) is 4.94 Å². The first kappa shape index (κ1) is 10.5. The van der Waals surface area contributed by atoms with E-state index in [9.17, 15) is 26.5 Å². The van der Waals surface area contributed by atoms with Crippen molar-refractivity contribution in [1.29, 1.82) is 0 Å². The Morgan fingerprint density at radius 2 is 1.36 bits per heavy atom. The highest BCUT2D eigenvalue weighted by molar-refractivity contribution is 4.56. The summed E-state index contributed by atoms with van der Waals surface area (Å²) >= 11 is 0. The van der Waals surface area contributed by atoms with Gasteiger partial charge in [0.1, 0.15) is 0 Å². The molecule has 0 N–H and O–H groups in total. The molecule has 0 rings (SSSR count). The topological polar surface area (TPSA) is 9.23 Å². The Morgan fingerprint density at radius 1 is 0.909 bits per heavy atom. The van der Waals surface area contributed by atoms with Crippen LogP contribution in [0.3, 0.4) is 0 Å². The molecule has 68 valence electrons. The van der Waals surface area contributed by atoms with Gasteiger partial charge in [0.15, 0.2) is 0 Å². The van der Waals surface area contributed by atoms with Gasteiger partial charge < -0.3 is 0 Å². The Balaban J connectivity index is 3.70. The van der Waals surface area contributed by atoms with Crippen LogP contribution in [0.1, 0.15) is 12.8 Å². The van der Waals surface area contributed by atoms with E-state index in [1.165, 1.54) is 0 Å². The maximum atomic E-state index is 11.6. The average molecular weight is 182 g/mol. The van der Waals surface area contributed by atoms with E-state index < -0.39 is 25.1 Å². The maximum Gasteiger partial charge on any atom is 0.389 e. The second kappa shape index (κ2) is 3.29. The van der Waals surface area contributed by atoms with Crippen LogP contribution >= 0.6 is 0 Å². The summed E-state index contributed by atoms with van der Waals surface area (Å²) in [4.78, 5) is 2.00. The van der Waals surface area contributed by atoms with Crippen LogP contribution in [0.5, 0.6) is 0 Å². The van der Waals surface area contributed by atoms with Crippen molar-refractivity contribution in [3.8, 4) is 0 Å². The van der Waals surface area contributed by atoms with Crippen LogP contribution in [-0.4, -0.2) is 12.3 Å². The molecule has 0 spiro atoms. The molecule has 0 aliphatic rings. The maximum absolute atomic E-state index is 11.6. The predicted molar refractivity (Wildman–Crippen MR) is 22.4 cm³/mol. The fourth-order valence-corrected chi connectivity index (χ4v) is 0.326. The van der Waals surface area contributed by atoms with Gasteiger partial charge in [0.25, 0.3) is 0 Å². The molecule has 0 saturated heterocycles. The molecule has 0 aromatic heterocycles. The molecule has 1 nitrogen and oxygen atoms in total. The first-order valence-corrected chi connectivity index (χ1v) is 2.51. The fraction of sp³-hybridized carbons (Fsp3) is 1.00. The molecule has 0 heterocycles. The highest BCUT2D eigenvalue weighted by Crippen LogP contribution is 2.29. The van der Waals surface area contributed by atoms with Gasteiger partial charge in [-0.15, -0.1) is 4.94 Å². The minimum atomic E-state index is -4.72. The van der Waals surface area contributed by atoms with Crippen molar-refractivity contribution in [3.63, 3.8) is 0 Å². The Labute approximate surface area is 57.8 Å². The molecule has 0 amide bonds. The van der Waals surface area contributed by atoms with Crippen molar-refractivity contribution in [1.82, 2.24) is 0 Å². The molecule has 0 unspecified atom stereocenters. The second-order valence-electron chi connectivity index (χ2n) is 1.83. The molecule has 7 heteroatoms. The van der Waals surface area contributed by atoms with Gasteiger partial charge in [-0.25, -0.2) is 0 Å². The van der Waals surface area contributed by atoms with Crippen molar-refractivity contribution < 1.29 is 31.4 Å². The van der Waals surface area contributed by atoms with Gasteiger partial charge in [0, 0.05) is 0 Å². The van der Waals surface area contributed by atoms with Gasteiger partial charge in [-0.2, -0.15) is 22.0 Å². The summed E-state index contributed by atoms with van der Waals surface area (Å²) < 4.78 is 67.5. The van der Waals surface area contributed by atoms with Crippen LogP contribution in [0.2, 0.25) is 0 Å². The summed E-state index contributed by atoms with van der Waals surface area (Å²) in [7, 11) is 0. The summed E-state index contributed by atoms with van der Waals surface area (Å²) in [6, 6.07) is 0. The first-order chi connectivity index (χ1) is 4.77. The largest absolute Gasteiger partial charge is 0.389 e. The Bertz CT molecular complexity index is 118. The molecule has 0 radical (unpaired) electrons. The van der Waals surface area contributed by atoms with E-state index in [0.717, 1.165) is 0 Å². The summed E-state index contributed by atoms with van der Waals surface area (Å²) in [5.74, 6) is 0. The average Bonchev–Trinajstić information content (AvgIpc) is 1.83. The lowest BCUT2D eigenvalue weighted by Crippen LogP contribution is -2.20. The molecule has 11 heavy (non-hydrogen) atoms. The minimum absolute atomic E-state index is 1.70. The standard InChI is InChI=1S/C4H4F6O/c5-3(6,7)1-2-4(8,9)11-10/h1-2H2. The molecule has 0 fully saturated rings. The summed E-state index contributed by atoms with van der Waals surface area (Å²) in [5, 5.41) is 0. The number of hydrogen-bond acceptors (Lipinski definition) is 1. The molecular formula is C4H4F6O. The quantitative estimate of drug-likeness (QED) is 0.609. The Hall–Kier alpha value is -0.460. The number of rotatable bonds is 3. The summed E-state index contributed by atoms with van der Waals surface area (Å²) in [5.41, 5.74) is 0. The van der Waals surface area contributed by atoms with Crippen LogP contribution in [0, 0.1) is 0 Å². The van der Waals surface area contributed by atoms with Gasteiger partial charge in [0.2, 0.25) is 0 Å². The molecule has 0 aliphatic carbocycles. The summed E-state index contributed by atoms with van der Waals surface area (Å²) in [6.45, 7) is 0. The smallest absolute Gasteiger partial charge is 0.173 e. The first-order valence-electron chi connectivity index (χ1n) is 2.51. The molecule has 0 aromatic carbocycles. The van der Waals surface area contributed by atoms with Crippen molar-refractivity contribution in [2.45, 2.75) is 25.1 Å². The minimum Gasteiger partial charge on any atom is -0.173 e. The third-order valence-corrected chi connectivity index (χ3v) is 0.812. The lowest BCUT2D eigenvalue weighted by molar-refractivity contribution is -0.361. The molecule has 0 aromatic rings. The second-order valence-corrected chi connectivity index (χ2v) is 1.83. The van der Waals surface area contributed by atoms with Gasteiger partial charge in [-0.1, -0.05) is 0 Å². The Morgan fingerprint density at radius 3 is 1.64 bits per heavy atom. The zero-order valence-electron chi connectivity index (χ0n) is 5.09. The van der Waals surface area contributed by atoms with E-state index in [0.29, 0.717) is 0 Å². The highest BCUT2D eigenvalue weighted by Gasteiger charge is 2.38. The highest BCUT2D eigenvalue weighted by atomic mass is 19.4. The van der Waals surface area contributed by atoms with E-state index in [1.54, 1.807) is 0 Å². The van der Waals surface area contributed by atoms with Crippen molar-refractivity contribution >= 4 is 0 Å². The molecular weight excluding hydrogens is 178 g/mol. The zero-order valence-corrected chi connectivity index (χ0v) is 5.09. The van der Waals surface area contributed by atoms with Gasteiger partial charge in [-0.05, 0) is 4.53 Å². The SMILES string of the molecule is FOC(F)(F)CCC(F)(F)F. The van der Waals surface area contributed by atoms with Crippen LogP contribution in [0.4, 0.5) is 26.5 Å². The number of alkyl halides is 5. The van der Waals surface area contributed by atoms with E-state index >= 15 is 0 Å². The lowest BCUT2D eigenvalue weighted by atomic mass is 10.3. The predicted octanol–water partition coefficient (Wildman–Crippen LogP) is 2.82. The number of hydrogen-bond donors (Lipinski definition) is 0. The lowest BCUT2D eigenvalue weighted by Gasteiger charge is -2.11. The van der Waals surface area contributed by atoms with Crippen LogP contribution in [0.25, 0.3) is 0 Å². The van der Waals surface area contributed by atoms with Gasteiger partial charge >= 0.3 is 12.3 Å². The zero-order chi connectivity index (χ0) is 9.12. The molecule has 0 saturated carbocycles. The third-order valence-electron chi connectivity index (χ3n) is 0.812. The third kappa shape index (κ3) is 5.96. The van der Waals surface area contributed by atoms with E-state index in [4.69, 9.17) is 0 Å². The molecule has 0 atom stereocenters. The van der Waals surface area contributed by atoms with E-state index in [2.05, 4.69) is 0 Å². The normalized spacial score (nSPS) is 13.6.